The van der Waals surface area contributed by atoms with Crippen molar-refractivity contribution in [3.05, 3.63) is 0 Å². The molecule has 0 aromatic carbocycles. The van der Waals surface area contributed by atoms with Gasteiger partial charge in [-0.05, 0) is 52.1 Å². The fourth-order valence-electron chi connectivity index (χ4n) is 2.36. The van der Waals surface area contributed by atoms with Crippen LogP contribution in [0, 0.1) is 11.3 Å². The fourth-order valence-corrected chi connectivity index (χ4v) is 2.36. The molecular formula is C15H29NO3. The Kier molecular flexibility index (Phi) is 7.39. The third-order valence-corrected chi connectivity index (χ3v) is 3.95. The maximum Gasteiger partial charge on any atom is 0.311 e. The summed E-state index contributed by atoms with van der Waals surface area (Å²) in [4.78, 5) is 12.1. The van der Waals surface area contributed by atoms with E-state index in [9.17, 15) is 4.79 Å². The van der Waals surface area contributed by atoms with Crippen molar-refractivity contribution >= 4 is 5.97 Å². The van der Waals surface area contributed by atoms with E-state index in [2.05, 4.69) is 12.2 Å². The monoisotopic (exact) mass is 271 g/mol. The largest absolute Gasteiger partial charge is 0.463 e. The van der Waals surface area contributed by atoms with Gasteiger partial charge in [-0.3, -0.25) is 4.79 Å². The third-order valence-electron chi connectivity index (χ3n) is 3.95. The first-order valence-electron chi connectivity index (χ1n) is 7.54. The average molecular weight is 271 g/mol. The minimum Gasteiger partial charge on any atom is -0.463 e. The number of carbonyl (C=O) groups excluding carboxylic acids is 1. The highest BCUT2D eigenvalue weighted by atomic mass is 16.6. The van der Waals surface area contributed by atoms with Crippen molar-refractivity contribution in [3.8, 4) is 0 Å². The Balaban J connectivity index is 2.22. The molecule has 4 nitrogen and oxygen atoms in total. The van der Waals surface area contributed by atoms with Crippen LogP contribution in [0.15, 0.2) is 0 Å². The number of hydrogen-bond donors (Lipinski definition) is 1. The number of nitrogens with one attached hydrogen (secondary N) is 1. The highest BCUT2D eigenvalue weighted by Gasteiger charge is 2.38. The molecule has 1 saturated heterocycles. The summed E-state index contributed by atoms with van der Waals surface area (Å²) in [5.41, 5.74) is -0.406. The molecule has 1 aliphatic heterocycles. The van der Waals surface area contributed by atoms with E-state index >= 15 is 0 Å². The summed E-state index contributed by atoms with van der Waals surface area (Å²) in [6.07, 6.45) is 4.43. The van der Waals surface area contributed by atoms with Crippen molar-refractivity contribution in [2.75, 3.05) is 32.9 Å². The van der Waals surface area contributed by atoms with Crippen LogP contribution in [0.5, 0.6) is 0 Å². The van der Waals surface area contributed by atoms with Crippen molar-refractivity contribution < 1.29 is 14.3 Å². The average Bonchev–Trinajstić information content (AvgIpc) is 2.43. The third kappa shape index (κ3) is 5.49. The van der Waals surface area contributed by atoms with E-state index in [-0.39, 0.29) is 5.97 Å². The topological polar surface area (TPSA) is 47.6 Å². The van der Waals surface area contributed by atoms with Gasteiger partial charge in [-0.15, -0.1) is 0 Å². The molecule has 19 heavy (non-hydrogen) atoms. The van der Waals surface area contributed by atoms with E-state index in [1.54, 1.807) is 0 Å². The van der Waals surface area contributed by atoms with Crippen LogP contribution >= 0.6 is 0 Å². The van der Waals surface area contributed by atoms with Gasteiger partial charge in [0, 0.05) is 6.61 Å². The molecule has 0 aromatic rings. The van der Waals surface area contributed by atoms with Crippen LogP contribution in [0.4, 0.5) is 0 Å². The van der Waals surface area contributed by atoms with E-state index in [1.807, 2.05) is 13.8 Å². The summed E-state index contributed by atoms with van der Waals surface area (Å²) in [6, 6.07) is 0. The standard InChI is InChI=1S/C15H29NO3/c1-4-5-9-18-10-11-19-14(17)15(2,3)13-7-6-8-16-12-13/h13,16H,4-12H2,1-3H3. The smallest absolute Gasteiger partial charge is 0.311 e. The second-order valence-corrected chi connectivity index (χ2v) is 5.87. The lowest BCUT2D eigenvalue weighted by Crippen LogP contribution is -2.43. The number of carbonyl (C=O) groups is 1. The van der Waals surface area contributed by atoms with Crippen LogP contribution in [-0.4, -0.2) is 38.9 Å². The Bertz CT molecular complexity index is 260. The molecule has 0 saturated carbocycles. The molecule has 1 rings (SSSR count). The van der Waals surface area contributed by atoms with Gasteiger partial charge in [0.1, 0.15) is 6.61 Å². The molecule has 112 valence electrons. The van der Waals surface area contributed by atoms with Gasteiger partial charge in [-0.2, -0.15) is 0 Å². The number of hydrogen-bond acceptors (Lipinski definition) is 4. The Hall–Kier alpha value is -0.610. The predicted octanol–water partition coefficient (Wildman–Crippen LogP) is 2.37. The van der Waals surface area contributed by atoms with E-state index in [0.29, 0.717) is 19.1 Å². The molecule has 1 fully saturated rings. The molecule has 1 N–H and O–H groups in total. The van der Waals surface area contributed by atoms with Crippen molar-refractivity contribution in [2.45, 2.75) is 46.5 Å². The SMILES string of the molecule is CCCCOCCOC(=O)C(C)(C)C1CCCNC1. The number of piperidine rings is 1. The second-order valence-electron chi connectivity index (χ2n) is 5.87. The molecule has 1 atom stereocenters. The minimum atomic E-state index is -0.406. The van der Waals surface area contributed by atoms with E-state index < -0.39 is 5.41 Å². The van der Waals surface area contributed by atoms with Crippen molar-refractivity contribution in [1.82, 2.24) is 5.32 Å². The van der Waals surface area contributed by atoms with Crippen LogP contribution in [0.3, 0.4) is 0 Å². The normalized spacial score (nSPS) is 20.3. The number of esters is 1. The predicted molar refractivity (Wildman–Crippen MR) is 76.1 cm³/mol. The zero-order chi connectivity index (χ0) is 14.1. The van der Waals surface area contributed by atoms with Crippen LogP contribution in [0.25, 0.3) is 0 Å². The lowest BCUT2D eigenvalue weighted by atomic mass is 9.75. The Morgan fingerprint density at radius 2 is 2.11 bits per heavy atom. The van der Waals surface area contributed by atoms with Gasteiger partial charge in [0.25, 0.3) is 0 Å². The van der Waals surface area contributed by atoms with Crippen molar-refractivity contribution in [1.29, 1.82) is 0 Å². The summed E-state index contributed by atoms with van der Waals surface area (Å²) in [6.45, 7) is 9.71. The molecule has 0 radical (unpaired) electrons. The molecule has 0 aliphatic carbocycles. The summed E-state index contributed by atoms with van der Waals surface area (Å²) in [5, 5.41) is 3.35. The molecule has 0 aromatic heterocycles. The number of unbranched alkanes of at least 4 members (excludes halogenated alkanes) is 1. The van der Waals surface area contributed by atoms with E-state index in [1.165, 1.54) is 0 Å². The van der Waals surface area contributed by atoms with Gasteiger partial charge in [0.05, 0.1) is 12.0 Å². The van der Waals surface area contributed by atoms with Gasteiger partial charge >= 0.3 is 5.97 Å². The summed E-state index contributed by atoms with van der Waals surface area (Å²) >= 11 is 0. The zero-order valence-corrected chi connectivity index (χ0v) is 12.7. The zero-order valence-electron chi connectivity index (χ0n) is 12.7. The quantitative estimate of drug-likeness (QED) is 0.544. The van der Waals surface area contributed by atoms with Crippen LogP contribution < -0.4 is 5.32 Å². The van der Waals surface area contributed by atoms with Gasteiger partial charge in [-0.25, -0.2) is 0 Å². The van der Waals surface area contributed by atoms with Gasteiger partial charge in [-0.1, -0.05) is 13.3 Å². The van der Waals surface area contributed by atoms with Crippen molar-refractivity contribution in [2.24, 2.45) is 11.3 Å². The molecule has 1 aliphatic rings. The lowest BCUT2D eigenvalue weighted by molar-refractivity contribution is -0.159. The molecular weight excluding hydrogens is 242 g/mol. The van der Waals surface area contributed by atoms with Gasteiger partial charge in [0.15, 0.2) is 0 Å². The molecule has 4 heteroatoms. The first-order chi connectivity index (χ1) is 9.09. The Morgan fingerprint density at radius 1 is 1.32 bits per heavy atom. The maximum atomic E-state index is 12.1. The molecule has 1 heterocycles. The van der Waals surface area contributed by atoms with Crippen LogP contribution in [0.2, 0.25) is 0 Å². The first-order valence-corrected chi connectivity index (χ1v) is 7.54. The van der Waals surface area contributed by atoms with Gasteiger partial charge in [0.2, 0.25) is 0 Å². The number of ether oxygens (including phenoxy) is 2. The lowest BCUT2D eigenvalue weighted by Gasteiger charge is -2.35. The molecule has 0 bridgehead atoms. The van der Waals surface area contributed by atoms with Crippen LogP contribution in [0.1, 0.15) is 46.5 Å². The van der Waals surface area contributed by atoms with E-state index in [4.69, 9.17) is 9.47 Å². The van der Waals surface area contributed by atoms with Crippen LogP contribution in [-0.2, 0) is 14.3 Å². The van der Waals surface area contributed by atoms with Gasteiger partial charge < -0.3 is 14.8 Å². The highest BCUT2D eigenvalue weighted by molar-refractivity contribution is 5.76. The Morgan fingerprint density at radius 3 is 2.74 bits per heavy atom. The van der Waals surface area contributed by atoms with E-state index in [0.717, 1.165) is 45.4 Å². The summed E-state index contributed by atoms with van der Waals surface area (Å²) in [7, 11) is 0. The Labute approximate surface area is 117 Å². The van der Waals surface area contributed by atoms with Crippen molar-refractivity contribution in [3.63, 3.8) is 0 Å². The second kappa shape index (κ2) is 8.54. The maximum absolute atomic E-state index is 12.1. The summed E-state index contributed by atoms with van der Waals surface area (Å²) in [5.74, 6) is 0.273. The fraction of sp³-hybridized carbons (Fsp3) is 0.933. The first kappa shape index (κ1) is 16.4. The molecule has 0 amide bonds. The molecule has 0 spiro atoms. The molecule has 1 unspecified atom stereocenters. The minimum absolute atomic E-state index is 0.0970. The highest BCUT2D eigenvalue weighted by Crippen LogP contribution is 2.32. The summed E-state index contributed by atoms with van der Waals surface area (Å²) < 4.78 is 10.7. The number of rotatable bonds is 8.